The second-order valence-electron chi connectivity index (χ2n) is 3.95. The van der Waals surface area contributed by atoms with Crippen LogP contribution < -0.4 is 0 Å². The highest BCUT2D eigenvalue weighted by Gasteiger charge is 2.15. The molecule has 0 aliphatic heterocycles. The molecule has 0 saturated carbocycles. The predicted octanol–water partition coefficient (Wildman–Crippen LogP) is 2.78. The van der Waals surface area contributed by atoms with Gasteiger partial charge in [-0.2, -0.15) is 0 Å². The third kappa shape index (κ3) is 4.49. The van der Waals surface area contributed by atoms with E-state index in [2.05, 4.69) is 15.9 Å². The summed E-state index contributed by atoms with van der Waals surface area (Å²) in [5.41, 5.74) is 0.572. The molecule has 98 valence electrons. The van der Waals surface area contributed by atoms with E-state index < -0.39 is 5.97 Å². The Morgan fingerprint density at radius 2 is 2.06 bits per heavy atom. The van der Waals surface area contributed by atoms with E-state index in [1.54, 1.807) is 23.1 Å². The second kappa shape index (κ2) is 7.16. The van der Waals surface area contributed by atoms with E-state index in [1.165, 1.54) is 0 Å². The van der Waals surface area contributed by atoms with Gasteiger partial charge in [0.05, 0.1) is 6.42 Å². The fourth-order valence-electron chi connectivity index (χ4n) is 1.62. The summed E-state index contributed by atoms with van der Waals surface area (Å²) in [5.74, 6) is -1.02. The fraction of sp³-hybridized carbons (Fsp3) is 0.385. The van der Waals surface area contributed by atoms with E-state index in [0.717, 1.165) is 10.9 Å². The van der Waals surface area contributed by atoms with Crippen molar-refractivity contribution in [1.82, 2.24) is 4.90 Å². The highest BCUT2D eigenvalue weighted by molar-refractivity contribution is 9.10. The largest absolute Gasteiger partial charge is 0.481 e. The van der Waals surface area contributed by atoms with Gasteiger partial charge in [-0.3, -0.25) is 9.59 Å². The summed E-state index contributed by atoms with van der Waals surface area (Å²) in [7, 11) is 0. The van der Waals surface area contributed by atoms with Crippen molar-refractivity contribution in [1.29, 1.82) is 0 Å². The Kier molecular flexibility index (Phi) is 5.85. The van der Waals surface area contributed by atoms with Crippen LogP contribution in [-0.2, 0) is 4.79 Å². The lowest BCUT2D eigenvalue weighted by Gasteiger charge is -2.21. The number of benzene rings is 1. The molecule has 18 heavy (non-hydrogen) atoms. The van der Waals surface area contributed by atoms with Crippen molar-refractivity contribution in [2.45, 2.75) is 19.8 Å². The van der Waals surface area contributed by atoms with Crippen molar-refractivity contribution in [2.75, 3.05) is 13.1 Å². The summed E-state index contributed by atoms with van der Waals surface area (Å²) in [6.45, 7) is 2.77. The molecule has 4 nitrogen and oxygen atoms in total. The molecule has 1 amide bonds. The zero-order valence-electron chi connectivity index (χ0n) is 10.2. The van der Waals surface area contributed by atoms with Gasteiger partial charge in [0.2, 0.25) is 0 Å². The Balaban J connectivity index is 2.78. The third-order valence-electron chi connectivity index (χ3n) is 2.45. The van der Waals surface area contributed by atoms with Crippen molar-refractivity contribution in [2.24, 2.45) is 0 Å². The van der Waals surface area contributed by atoms with Crippen LogP contribution in [0.4, 0.5) is 0 Å². The van der Waals surface area contributed by atoms with Crippen LogP contribution in [0, 0.1) is 0 Å². The van der Waals surface area contributed by atoms with Gasteiger partial charge in [0.15, 0.2) is 0 Å². The lowest BCUT2D eigenvalue weighted by Crippen LogP contribution is -2.33. The van der Waals surface area contributed by atoms with Crippen LogP contribution in [0.15, 0.2) is 28.7 Å². The normalized spacial score (nSPS) is 10.1. The molecule has 1 N–H and O–H groups in total. The van der Waals surface area contributed by atoms with Gasteiger partial charge in [-0.25, -0.2) is 0 Å². The molecule has 0 aliphatic rings. The Morgan fingerprint density at radius 1 is 1.33 bits per heavy atom. The van der Waals surface area contributed by atoms with Gasteiger partial charge in [-0.1, -0.05) is 28.9 Å². The molecular weight excluding hydrogens is 298 g/mol. The molecular formula is C13H16BrNO3. The topological polar surface area (TPSA) is 57.6 Å². The van der Waals surface area contributed by atoms with Gasteiger partial charge in [-0.05, 0) is 24.6 Å². The highest BCUT2D eigenvalue weighted by atomic mass is 79.9. The molecule has 0 fully saturated rings. The molecule has 0 bridgehead atoms. The van der Waals surface area contributed by atoms with E-state index in [1.807, 2.05) is 13.0 Å². The quantitative estimate of drug-likeness (QED) is 0.878. The smallest absolute Gasteiger partial charge is 0.305 e. The van der Waals surface area contributed by atoms with Crippen LogP contribution in [0.1, 0.15) is 30.1 Å². The van der Waals surface area contributed by atoms with Gasteiger partial charge < -0.3 is 10.0 Å². The number of carboxylic acids is 1. The molecule has 1 aromatic carbocycles. The highest BCUT2D eigenvalue weighted by Crippen LogP contribution is 2.14. The molecule has 0 aliphatic carbocycles. The minimum atomic E-state index is -0.891. The Labute approximate surface area is 115 Å². The number of aliphatic carboxylic acids is 1. The van der Waals surface area contributed by atoms with Crippen molar-refractivity contribution >= 4 is 27.8 Å². The van der Waals surface area contributed by atoms with Crippen molar-refractivity contribution < 1.29 is 14.7 Å². The molecule has 0 aromatic heterocycles. The van der Waals surface area contributed by atoms with Crippen molar-refractivity contribution in [3.8, 4) is 0 Å². The van der Waals surface area contributed by atoms with Gasteiger partial charge in [0.1, 0.15) is 0 Å². The Hall–Kier alpha value is -1.36. The van der Waals surface area contributed by atoms with E-state index in [9.17, 15) is 9.59 Å². The minimum absolute atomic E-state index is 0.0280. The maximum absolute atomic E-state index is 12.2. The van der Waals surface area contributed by atoms with Crippen LogP contribution in [0.25, 0.3) is 0 Å². The van der Waals surface area contributed by atoms with Crippen molar-refractivity contribution in [3.05, 3.63) is 34.3 Å². The third-order valence-corrected chi connectivity index (χ3v) is 2.94. The van der Waals surface area contributed by atoms with Gasteiger partial charge in [0.25, 0.3) is 5.91 Å². The SMILES string of the molecule is CCCN(CCC(=O)O)C(=O)c1cccc(Br)c1. The van der Waals surface area contributed by atoms with E-state index in [-0.39, 0.29) is 18.9 Å². The monoisotopic (exact) mass is 313 g/mol. The first-order chi connectivity index (χ1) is 8.54. The van der Waals surface area contributed by atoms with Crippen LogP contribution in [0.5, 0.6) is 0 Å². The zero-order chi connectivity index (χ0) is 13.5. The molecule has 1 aromatic rings. The first-order valence-corrected chi connectivity index (χ1v) is 6.60. The fourth-order valence-corrected chi connectivity index (χ4v) is 2.02. The summed E-state index contributed by atoms with van der Waals surface area (Å²) < 4.78 is 0.836. The molecule has 0 saturated heterocycles. The number of halogens is 1. The van der Waals surface area contributed by atoms with Crippen LogP contribution >= 0.6 is 15.9 Å². The second-order valence-corrected chi connectivity index (χ2v) is 4.86. The van der Waals surface area contributed by atoms with Gasteiger partial charge in [0, 0.05) is 23.1 Å². The minimum Gasteiger partial charge on any atom is -0.481 e. The van der Waals surface area contributed by atoms with E-state index in [4.69, 9.17) is 5.11 Å². The van der Waals surface area contributed by atoms with Gasteiger partial charge >= 0.3 is 5.97 Å². The molecule has 5 heteroatoms. The Bertz CT molecular complexity index is 434. The molecule has 0 heterocycles. The zero-order valence-corrected chi connectivity index (χ0v) is 11.8. The average molecular weight is 314 g/mol. The lowest BCUT2D eigenvalue weighted by atomic mass is 10.2. The maximum Gasteiger partial charge on any atom is 0.305 e. The molecule has 1 rings (SSSR count). The van der Waals surface area contributed by atoms with Gasteiger partial charge in [-0.15, -0.1) is 0 Å². The van der Waals surface area contributed by atoms with Crippen molar-refractivity contribution in [3.63, 3.8) is 0 Å². The average Bonchev–Trinajstić information content (AvgIpc) is 2.33. The summed E-state index contributed by atoms with van der Waals surface area (Å²) in [6, 6.07) is 7.11. The first-order valence-electron chi connectivity index (χ1n) is 5.81. The number of amides is 1. The van der Waals surface area contributed by atoms with E-state index >= 15 is 0 Å². The standard InChI is InChI=1S/C13H16BrNO3/c1-2-7-15(8-6-12(16)17)13(18)10-4-3-5-11(14)9-10/h3-5,9H,2,6-8H2,1H3,(H,16,17). The summed E-state index contributed by atoms with van der Waals surface area (Å²) in [5, 5.41) is 8.68. The summed E-state index contributed by atoms with van der Waals surface area (Å²) in [4.78, 5) is 24.4. The molecule has 0 unspecified atom stereocenters. The number of nitrogens with zero attached hydrogens (tertiary/aromatic N) is 1. The Morgan fingerprint density at radius 3 is 2.61 bits per heavy atom. The van der Waals surface area contributed by atoms with Crippen LogP contribution in [0.2, 0.25) is 0 Å². The number of rotatable bonds is 6. The summed E-state index contributed by atoms with van der Waals surface area (Å²) in [6.07, 6.45) is 0.777. The van der Waals surface area contributed by atoms with E-state index in [0.29, 0.717) is 12.1 Å². The number of carbonyl (C=O) groups excluding carboxylic acids is 1. The number of carboxylic acid groups (broad SMARTS) is 1. The first kappa shape index (κ1) is 14.7. The molecule has 0 radical (unpaired) electrons. The van der Waals surface area contributed by atoms with Crippen LogP contribution in [0.3, 0.4) is 0 Å². The number of hydrogen-bond donors (Lipinski definition) is 1. The maximum atomic E-state index is 12.2. The van der Waals surface area contributed by atoms with Crippen LogP contribution in [-0.4, -0.2) is 35.0 Å². The number of hydrogen-bond acceptors (Lipinski definition) is 2. The molecule has 0 atom stereocenters. The lowest BCUT2D eigenvalue weighted by molar-refractivity contribution is -0.137. The predicted molar refractivity (Wildman–Crippen MR) is 72.6 cm³/mol. The molecule has 0 spiro atoms. The number of carbonyl (C=O) groups is 2. The summed E-state index contributed by atoms with van der Waals surface area (Å²) >= 11 is 3.32.